The standard InChI is InChI=1S/C9H15N3/c1-4-9(6-11)12(3)7-8(2)5-10/h8-9H,4,7H2,1-3H3. The van der Waals surface area contributed by atoms with Gasteiger partial charge in [0, 0.05) is 6.54 Å². The van der Waals surface area contributed by atoms with Crippen LogP contribution in [0.4, 0.5) is 0 Å². The van der Waals surface area contributed by atoms with Gasteiger partial charge in [-0.1, -0.05) is 6.92 Å². The second kappa shape index (κ2) is 5.57. The van der Waals surface area contributed by atoms with Crippen LogP contribution in [-0.4, -0.2) is 24.5 Å². The fourth-order valence-electron chi connectivity index (χ4n) is 1.10. The molecule has 0 N–H and O–H groups in total. The van der Waals surface area contributed by atoms with Crippen molar-refractivity contribution in [1.82, 2.24) is 4.90 Å². The Morgan fingerprint density at radius 1 is 1.33 bits per heavy atom. The monoisotopic (exact) mass is 165 g/mol. The first-order valence-corrected chi connectivity index (χ1v) is 4.15. The summed E-state index contributed by atoms with van der Waals surface area (Å²) >= 11 is 0. The maximum atomic E-state index is 8.71. The van der Waals surface area contributed by atoms with Gasteiger partial charge >= 0.3 is 0 Å². The lowest BCUT2D eigenvalue weighted by molar-refractivity contribution is 0.263. The fraction of sp³-hybridized carbons (Fsp3) is 0.778. The lowest BCUT2D eigenvalue weighted by Crippen LogP contribution is -2.33. The first-order chi connectivity index (χ1) is 5.65. The van der Waals surface area contributed by atoms with Crippen molar-refractivity contribution < 1.29 is 0 Å². The second-order valence-electron chi connectivity index (χ2n) is 3.02. The first-order valence-electron chi connectivity index (χ1n) is 4.15. The van der Waals surface area contributed by atoms with E-state index in [9.17, 15) is 0 Å². The number of rotatable bonds is 4. The maximum Gasteiger partial charge on any atom is 0.0973 e. The molecular weight excluding hydrogens is 150 g/mol. The molecule has 0 heterocycles. The summed E-state index contributed by atoms with van der Waals surface area (Å²) in [4.78, 5) is 1.92. The van der Waals surface area contributed by atoms with Gasteiger partial charge in [0.25, 0.3) is 0 Å². The average molecular weight is 165 g/mol. The first kappa shape index (κ1) is 10.9. The van der Waals surface area contributed by atoms with Crippen molar-refractivity contribution in [3.05, 3.63) is 0 Å². The van der Waals surface area contributed by atoms with Crippen molar-refractivity contribution >= 4 is 0 Å². The van der Waals surface area contributed by atoms with Crippen molar-refractivity contribution in [3.8, 4) is 12.1 Å². The van der Waals surface area contributed by atoms with Crippen LogP contribution in [0.1, 0.15) is 20.3 Å². The molecule has 0 aromatic heterocycles. The van der Waals surface area contributed by atoms with E-state index in [4.69, 9.17) is 10.5 Å². The predicted molar refractivity (Wildman–Crippen MR) is 47.1 cm³/mol. The molecule has 12 heavy (non-hydrogen) atoms. The van der Waals surface area contributed by atoms with Crippen molar-refractivity contribution in [2.24, 2.45) is 5.92 Å². The largest absolute Gasteiger partial charge is 0.290 e. The molecule has 0 aromatic rings. The van der Waals surface area contributed by atoms with E-state index in [1.807, 2.05) is 25.8 Å². The van der Waals surface area contributed by atoms with Crippen molar-refractivity contribution in [3.63, 3.8) is 0 Å². The molecule has 0 bridgehead atoms. The molecule has 3 heteroatoms. The van der Waals surface area contributed by atoms with Gasteiger partial charge in [-0.15, -0.1) is 0 Å². The van der Waals surface area contributed by atoms with E-state index in [1.165, 1.54) is 0 Å². The summed E-state index contributed by atoms with van der Waals surface area (Å²) in [6, 6.07) is 4.29. The zero-order valence-corrected chi connectivity index (χ0v) is 7.91. The van der Waals surface area contributed by atoms with Gasteiger partial charge in [-0.3, -0.25) is 4.90 Å². The zero-order chi connectivity index (χ0) is 9.56. The van der Waals surface area contributed by atoms with E-state index < -0.39 is 0 Å². The van der Waals surface area contributed by atoms with Crippen molar-refractivity contribution in [2.75, 3.05) is 13.6 Å². The molecule has 0 spiro atoms. The average Bonchev–Trinajstić information content (AvgIpc) is 2.06. The van der Waals surface area contributed by atoms with Gasteiger partial charge in [-0.2, -0.15) is 10.5 Å². The normalized spacial score (nSPS) is 14.8. The topological polar surface area (TPSA) is 50.8 Å². The molecule has 0 aliphatic rings. The summed E-state index contributed by atoms with van der Waals surface area (Å²) < 4.78 is 0. The zero-order valence-electron chi connectivity index (χ0n) is 7.91. The van der Waals surface area contributed by atoms with Gasteiger partial charge in [0.1, 0.15) is 0 Å². The minimum atomic E-state index is -0.0548. The maximum absolute atomic E-state index is 8.71. The number of nitrogens with zero attached hydrogens (tertiary/aromatic N) is 3. The second-order valence-corrected chi connectivity index (χ2v) is 3.02. The van der Waals surface area contributed by atoms with Crippen LogP contribution < -0.4 is 0 Å². The highest BCUT2D eigenvalue weighted by Gasteiger charge is 2.13. The van der Waals surface area contributed by atoms with Crippen LogP contribution in [0, 0.1) is 28.6 Å². The van der Waals surface area contributed by atoms with Gasteiger partial charge in [-0.05, 0) is 20.4 Å². The quantitative estimate of drug-likeness (QED) is 0.632. The molecule has 3 nitrogen and oxygen atoms in total. The van der Waals surface area contributed by atoms with E-state index in [2.05, 4.69) is 12.1 Å². The molecule has 0 fully saturated rings. The molecule has 2 unspecified atom stereocenters. The van der Waals surface area contributed by atoms with Gasteiger partial charge in [0.15, 0.2) is 0 Å². The van der Waals surface area contributed by atoms with Gasteiger partial charge in [0.2, 0.25) is 0 Å². The van der Waals surface area contributed by atoms with Crippen molar-refractivity contribution in [2.45, 2.75) is 26.3 Å². The Hall–Kier alpha value is -1.06. The van der Waals surface area contributed by atoms with Crippen molar-refractivity contribution in [1.29, 1.82) is 10.5 Å². The summed E-state index contributed by atoms with van der Waals surface area (Å²) in [5, 5.41) is 17.3. The van der Waals surface area contributed by atoms with Crippen LogP contribution in [-0.2, 0) is 0 Å². The molecule has 0 aliphatic heterocycles. The van der Waals surface area contributed by atoms with E-state index >= 15 is 0 Å². The highest BCUT2D eigenvalue weighted by molar-refractivity contribution is 4.91. The summed E-state index contributed by atoms with van der Waals surface area (Å²) in [7, 11) is 1.88. The van der Waals surface area contributed by atoms with Crippen LogP contribution in [0.5, 0.6) is 0 Å². The van der Waals surface area contributed by atoms with E-state index in [1.54, 1.807) is 0 Å². The Morgan fingerprint density at radius 2 is 1.92 bits per heavy atom. The Labute approximate surface area is 74.2 Å². The number of nitriles is 2. The van der Waals surface area contributed by atoms with Crippen LogP contribution in [0.15, 0.2) is 0 Å². The molecule has 66 valence electrons. The molecule has 0 saturated carbocycles. The molecule has 0 aliphatic carbocycles. The minimum Gasteiger partial charge on any atom is -0.290 e. The summed E-state index contributed by atoms with van der Waals surface area (Å²) in [5.41, 5.74) is 0. The third kappa shape index (κ3) is 3.37. The Bertz CT molecular complexity index is 199. The van der Waals surface area contributed by atoms with E-state index in [0.29, 0.717) is 6.54 Å². The molecular formula is C9H15N3. The number of hydrogen-bond acceptors (Lipinski definition) is 3. The minimum absolute atomic E-state index is 0.00241. The third-order valence-corrected chi connectivity index (χ3v) is 1.85. The summed E-state index contributed by atoms with van der Waals surface area (Å²) in [6.07, 6.45) is 0.811. The van der Waals surface area contributed by atoms with Crippen LogP contribution in [0.2, 0.25) is 0 Å². The smallest absolute Gasteiger partial charge is 0.0973 e. The predicted octanol–water partition coefficient (Wildman–Crippen LogP) is 1.38. The van der Waals surface area contributed by atoms with E-state index in [0.717, 1.165) is 6.42 Å². The Kier molecular flexibility index (Phi) is 5.08. The lowest BCUT2D eigenvalue weighted by atomic mass is 10.1. The van der Waals surface area contributed by atoms with Gasteiger partial charge < -0.3 is 0 Å². The highest BCUT2D eigenvalue weighted by atomic mass is 15.1. The van der Waals surface area contributed by atoms with Crippen LogP contribution in [0.25, 0.3) is 0 Å². The molecule has 0 amide bonds. The molecule has 0 saturated heterocycles. The molecule has 2 atom stereocenters. The van der Waals surface area contributed by atoms with Crippen LogP contribution in [0.3, 0.4) is 0 Å². The fourth-order valence-corrected chi connectivity index (χ4v) is 1.10. The van der Waals surface area contributed by atoms with Gasteiger partial charge in [0.05, 0.1) is 24.1 Å². The third-order valence-electron chi connectivity index (χ3n) is 1.85. The molecule has 0 radical (unpaired) electrons. The van der Waals surface area contributed by atoms with E-state index in [-0.39, 0.29) is 12.0 Å². The summed E-state index contributed by atoms with van der Waals surface area (Å²) in [5.74, 6) is -0.00241. The molecule has 0 rings (SSSR count). The number of hydrogen-bond donors (Lipinski definition) is 0. The lowest BCUT2D eigenvalue weighted by Gasteiger charge is -2.21. The SMILES string of the molecule is CCC(C#N)N(C)CC(C)C#N. The Balaban J connectivity index is 3.96. The summed E-state index contributed by atoms with van der Waals surface area (Å²) in [6.45, 7) is 4.50. The Morgan fingerprint density at radius 3 is 2.25 bits per heavy atom. The van der Waals surface area contributed by atoms with Crippen LogP contribution >= 0.6 is 0 Å². The molecule has 0 aromatic carbocycles. The highest BCUT2D eigenvalue weighted by Crippen LogP contribution is 2.03. The van der Waals surface area contributed by atoms with Gasteiger partial charge in [-0.25, -0.2) is 0 Å².